The molecular weight excluding hydrogens is 529 g/mol. The standard InChI is InChI=1S/C27H25FIN2P/c1-2-18-11-13-21(14-12-18)26(22-15-16-24(31-32-29)23(17-22)27(28)30)25(20-9-6-10-20)19-7-4-3-5-8-19/h2-5,7-8,11-17,20,30-32H,1,6,9-10H2/b26-25-,30-27?. The van der Waals surface area contributed by atoms with E-state index in [1.54, 1.807) is 0 Å². The zero-order valence-corrected chi connectivity index (χ0v) is 20.8. The van der Waals surface area contributed by atoms with Crippen molar-refractivity contribution in [1.29, 1.82) is 5.41 Å². The molecule has 1 saturated carbocycles. The summed E-state index contributed by atoms with van der Waals surface area (Å²) < 4.78 is 14.2. The normalized spacial score (nSPS) is 14.7. The maximum absolute atomic E-state index is 14.2. The molecular formula is C27H25FIN2P. The summed E-state index contributed by atoms with van der Waals surface area (Å²) in [5.41, 5.74) is 7.65. The molecule has 162 valence electrons. The fraction of sp³-hybridized carbons (Fsp3) is 0.148. The summed E-state index contributed by atoms with van der Waals surface area (Å²) >= 11 is 2.21. The van der Waals surface area contributed by atoms with E-state index in [9.17, 15) is 4.39 Å². The van der Waals surface area contributed by atoms with E-state index in [4.69, 9.17) is 5.41 Å². The number of benzene rings is 3. The van der Waals surface area contributed by atoms with Gasteiger partial charge in [-0.1, -0.05) is 79.7 Å². The van der Waals surface area contributed by atoms with Gasteiger partial charge >= 0.3 is 0 Å². The summed E-state index contributed by atoms with van der Waals surface area (Å²) in [4.78, 5) is 0. The molecule has 1 atom stereocenters. The average molecular weight is 554 g/mol. The molecule has 3 aromatic rings. The third-order valence-electron chi connectivity index (χ3n) is 6.03. The zero-order chi connectivity index (χ0) is 22.5. The minimum atomic E-state index is -0.921. The van der Waals surface area contributed by atoms with Gasteiger partial charge < -0.3 is 5.09 Å². The van der Waals surface area contributed by atoms with Gasteiger partial charge in [0, 0.05) is 12.1 Å². The molecule has 0 spiro atoms. The van der Waals surface area contributed by atoms with Gasteiger partial charge in [0.25, 0.3) is 0 Å². The summed E-state index contributed by atoms with van der Waals surface area (Å²) in [6.45, 7) is 3.87. The quantitative estimate of drug-likeness (QED) is 0.124. The molecule has 0 bridgehead atoms. The van der Waals surface area contributed by atoms with E-state index in [1.165, 1.54) is 17.6 Å². The Labute approximate surface area is 203 Å². The number of allylic oxidation sites excluding steroid dienone is 1. The van der Waals surface area contributed by atoms with Gasteiger partial charge in [-0.15, -0.1) is 0 Å². The van der Waals surface area contributed by atoms with Crippen molar-refractivity contribution < 1.29 is 4.39 Å². The Morgan fingerprint density at radius 1 is 1.00 bits per heavy atom. The summed E-state index contributed by atoms with van der Waals surface area (Å²) in [7, 11) is 0. The highest BCUT2D eigenvalue weighted by molar-refractivity contribution is 14.2. The maximum atomic E-state index is 14.2. The van der Waals surface area contributed by atoms with E-state index in [-0.39, 0.29) is 0 Å². The fourth-order valence-electron chi connectivity index (χ4n) is 4.20. The number of halogens is 2. The predicted octanol–water partition coefficient (Wildman–Crippen LogP) is 8.74. The third-order valence-corrected chi connectivity index (χ3v) is 7.20. The predicted molar refractivity (Wildman–Crippen MR) is 147 cm³/mol. The molecule has 5 heteroatoms. The summed E-state index contributed by atoms with van der Waals surface area (Å²) in [6.07, 6.45) is 5.77. The second-order valence-corrected chi connectivity index (χ2v) is 9.96. The molecule has 4 rings (SSSR count). The zero-order valence-electron chi connectivity index (χ0n) is 17.7. The van der Waals surface area contributed by atoms with Gasteiger partial charge in [0.1, 0.15) is 0 Å². The second-order valence-electron chi connectivity index (χ2n) is 7.90. The lowest BCUT2D eigenvalue weighted by molar-refractivity contribution is 0.401. The van der Waals surface area contributed by atoms with Crippen molar-refractivity contribution in [2.24, 2.45) is 5.92 Å². The van der Waals surface area contributed by atoms with Gasteiger partial charge in [0.05, 0.1) is 5.56 Å². The van der Waals surface area contributed by atoms with Gasteiger partial charge in [-0.25, -0.2) is 0 Å². The summed E-state index contributed by atoms with van der Waals surface area (Å²) in [5.74, 6) is -0.455. The molecule has 0 amide bonds. The van der Waals surface area contributed by atoms with Crippen molar-refractivity contribution in [3.05, 3.63) is 107 Å². The van der Waals surface area contributed by atoms with Crippen molar-refractivity contribution in [3.63, 3.8) is 0 Å². The smallest absolute Gasteiger partial charge is 0.214 e. The first-order valence-corrected chi connectivity index (χ1v) is 14.8. The molecule has 3 aromatic carbocycles. The van der Waals surface area contributed by atoms with Crippen LogP contribution in [0.1, 0.15) is 47.1 Å². The van der Waals surface area contributed by atoms with Gasteiger partial charge in [-0.05, 0) is 86.3 Å². The van der Waals surface area contributed by atoms with Crippen LogP contribution in [0.4, 0.5) is 10.1 Å². The SMILES string of the molecule is C=Cc1ccc(/C(=C(\c2ccccc2)C2CCC2)c2ccc(NPI)c(C(=N)F)c2)cc1. The van der Waals surface area contributed by atoms with E-state index in [1.807, 2.05) is 30.3 Å². The highest BCUT2D eigenvalue weighted by Crippen LogP contribution is 2.45. The topological polar surface area (TPSA) is 35.9 Å². The van der Waals surface area contributed by atoms with Crippen LogP contribution in [0.5, 0.6) is 0 Å². The van der Waals surface area contributed by atoms with Crippen molar-refractivity contribution in [3.8, 4) is 0 Å². The van der Waals surface area contributed by atoms with Crippen LogP contribution in [0.15, 0.2) is 79.4 Å². The average Bonchev–Trinajstić information content (AvgIpc) is 2.79. The Balaban J connectivity index is 1.99. The van der Waals surface area contributed by atoms with Gasteiger partial charge in [-0.2, -0.15) is 4.39 Å². The molecule has 0 aromatic heterocycles. The molecule has 2 N–H and O–H groups in total. The first-order valence-electron chi connectivity index (χ1n) is 10.7. The van der Waals surface area contributed by atoms with Crippen LogP contribution in [0.25, 0.3) is 17.2 Å². The van der Waals surface area contributed by atoms with Gasteiger partial charge in [0.2, 0.25) is 5.97 Å². The van der Waals surface area contributed by atoms with Crippen LogP contribution in [0.3, 0.4) is 0 Å². The van der Waals surface area contributed by atoms with E-state index in [0.717, 1.165) is 35.1 Å². The van der Waals surface area contributed by atoms with Crippen LogP contribution in [-0.4, -0.2) is 5.97 Å². The third kappa shape index (κ3) is 4.87. The lowest BCUT2D eigenvalue weighted by Gasteiger charge is -2.32. The first kappa shape index (κ1) is 22.9. The van der Waals surface area contributed by atoms with Crippen LogP contribution in [0, 0.1) is 11.3 Å². The van der Waals surface area contributed by atoms with Crippen molar-refractivity contribution in [2.45, 2.75) is 19.3 Å². The second kappa shape index (κ2) is 10.5. The van der Waals surface area contributed by atoms with Crippen molar-refractivity contribution in [2.75, 3.05) is 5.09 Å². The molecule has 1 aliphatic carbocycles. The number of anilines is 1. The van der Waals surface area contributed by atoms with Crippen LogP contribution in [0.2, 0.25) is 0 Å². The Hall–Kier alpha value is -2.30. The van der Waals surface area contributed by atoms with Crippen LogP contribution < -0.4 is 5.09 Å². The Morgan fingerprint density at radius 3 is 2.25 bits per heavy atom. The molecule has 0 radical (unpaired) electrons. The van der Waals surface area contributed by atoms with Crippen molar-refractivity contribution >= 4 is 57.3 Å². The molecule has 32 heavy (non-hydrogen) atoms. The molecule has 1 aliphatic rings. The first-order chi connectivity index (χ1) is 15.6. The number of hydrogen-bond donors (Lipinski definition) is 2. The highest BCUT2D eigenvalue weighted by atomic mass is 127. The lowest BCUT2D eigenvalue weighted by atomic mass is 9.73. The lowest BCUT2D eigenvalue weighted by Crippen LogP contribution is -2.15. The largest absolute Gasteiger partial charge is 0.358 e. The molecule has 0 aliphatic heterocycles. The monoisotopic (exact) mass is 554 g/mol. The highest BCUT2D eigenvalue weighted by Gasteiger charge is 2.27. The minimum absolute atomic E-state index is 0.299. The Kier molecular flexibility index (Phi) is 7.54. The minimum Gasteiger partial charge on any atom is -0.358 e. The summed E-state index contributed by atoms with van der Waals surface area (Å²) in [5, 5.41) is 10.9. The van der Waals surface area contributed by atoms with Gasteiger partial charge in [-0.3, -0.25) is 5.41 Å². The molecule has 0 heterocycles. The maximum Gasteiger partial charge on any atom is 0.214 e. The molecule has 1 fully saturated rings. The molecule has 2 nitrogen and oxygen atoms in total. The fourth-order valence-corrected chi connectivity index (χ4v) is 5.40. The number of hydrogen-bond acceptors (Lipinski definition) is 2. The summed E-state index contributed by atoms with van der Waals surface area (Å²) in [6, 6.07) is 24.6. The Bertz CT molecular complexity index is 1150. The van der Waals surface area contributed by atoms with Crippen molar-refractivity contribution in [1.82, 2.24) is 0 Å². The van der Waals surface area contributed by atoms with Crippen LogP contribution >= 0.6 is 28.4 Å². The van der Waals surface area contributed by atoms with E-state index >= 15 is 0 Å². The molecule has 0 saturated heterocycles. The Morgan fingerprint density at radius 2 is 1.69 bits per heavy atom. The van der Waals surface area contributed by atoms with E-state index in [0.29, 0.717) is 23.5 Å². The van der Waals surface area contributed by atoms with E-state index in [2.05, 4.69) is 82.2 Å². The molecule has 1 unspecified atom stereocenters. The number of nitrogens with one attached hydrogen (secondary N) is 2. The van der Waals surface area contributed by atoms with Crippen LogP contribution in [-0.2, 0) is 0 Å². The number of rotatable bonds is 8. The van der Waals surface area contributed by atoms with E-state index < -0.39 is 5.97 Å². The van der Waals surface area contributed by atoms with Gasteiger partial charge in [0.15, 0.2) is 0 Å².